The van der Waals surface area contributed by atoms with Gasteiger partial charge in [0.25, 0.3) is 0 Å². The molecular formula is C29H33NO2. The van der Waals surface area contributed by atoms with E-state index in [2.05, 4.69) is 30.9 Å². The van der Waals surface area contributed by atoms with E-state index in [0.29, 0.717) is 18.3 Å². The predicted octanol–water partition coefficient (Wildman–Crippen LogP) is 5.77. The highest BCUT2D eigenvalue weighted by Crippen LogP contribution is 2.69. The van der Waals surface area contributed by atoms with Gasteiger partial charge in [0.05, 0.1) is 5.41 Å². The number of carbonyl (C=O) groups is 2. The molecule has 2 N–H and O–H groups in total. The summed E-state index contributed by atoms with van der Waals surface area (Å²) in [4.78, 5) is 25.3. The Hall–Kier alpha value is -2.60. The number of ketones is 2. The summed E-state index contributed by atoms with van der Waals surface area (Å²) in [6, 6.07) is 8.31. The molecule has 3 nitrogen and oxygen atoms in total. The van der Waals surface area contributed by atoms with Gasteiger partial charge in [0.2, 0.25) is 0 Å². The van der Waals surface area contributed by atoms with E-state index in [1.54, 1.807) is 12.5 Å². The Morgan fingerprint density at radius 2 is 1.88 bits per heavy atom. The number of Topliss-reactive ketones (excluding diaryl/α,β-unsaturated/α-hetero) is 1. The number of carbonyl (C=O) groups excluding carboxylic acids is 2. The van der Waals surface area contributed by atoms with Crippen LogP contribution in [0.15, 0.2) is 47.1 Å². The smallest absolute Gasteiger partial charge is 0.156 e. The molecule has 0 aromatic heterocycles. The average molecular weight is 428 g/mol. The minimum atomic E-state index is -0.562. The lowest BCUT2D eigenvalue weighted by Gasteiger charge is -2.54. The van der Waals surface area contributed by atoms with Crippen molar-refractivity contribution in [2.75, 3.05) is 5.73 Å². The van der Waals surface area contributed by atoms with Gasteiger partial charge in [-0.3, -0.25) is 9.59 Å². The van der Waals surface area contributed by atoms with Crippen LogP contribution in [0.1, 0.15) is 77.2 Å². The first-order chi connectivity index (χ1) is 15.3. The van der Waals surface area contributed by atoms with Gasteiger partial charge in [-0.05, 0) is 105 Å². The zero-order valence-corrected chi connectivity index (χ0v) is 19.5. The number of benzene rings is 1. The molecule has 4 aliphatic carbocycles. The summed E-state index contributed by atoms with van der Waals surface area (Å²) in [5.41, 5.74) is 11.6. The van der Waals surface area contributed by atoms with E-state index >= 15 is 0 Å². The largest absolute Gasteiger partial charge is 0.399 e. The SMILES string of the molecule is CC#C[C@]1(C(C)=O)CC[C@H]2[C@@H]3CCC4=CC(=O)CCC4=C3[C@@H](c3ccc(N)cc3)C[C@@]21C. The normalized spacial score (nSPS) is 35.8. The zero-order chi connectivity index (χ0) is 22.7. The molecule has 0 amide bonds. The number of nitrogen functional groups attached to an aromatic ring is 1. The number of fused-ring (bicyclic) bond motifs is 4. The number of hydrogen-bond acceptors (Lipinski definition) is 3. The molecule has 0 spiro atoms. The first kappa shape index (κ1) is 21.3. The van der Waals surface area contributed by atoms with E-state index < -0.39 is 5.41 Å². The fourth-order valence-electron chi connectivity index (χ4n) is 7.80. The summed E-state index contributed by atoms with van der Waals surface area (Å²) in [7, 11) is 0. The topological polar surface area (TPSA) is 60.2 Å². The van der Waals surface area contributed by atoms with Crippen molar-refractivity contribution in [3.05, 3.63) is 52.6 Å². The molecule has 1 aromatic rings. The maximum absolute atomic E-state index is 13.2. The highest BCUT2D eigenvalue weighted by molar-refractivity contribution is 5.93. The van der Waals surface area contributed by atoms with Gasteiger partial charge in [-0.15, -0.1) is 5.92 Å². The summed E-state index contributed by atoms with van der Waals surface area (Å²) < 4.78 is 0. The summed E-state index contributed by atoms with van der Waals surface area (Å²) in [5, 5.41) is 0. The third kappa shape index (κ3) is 2.88. The molecular weight excluding hydrogens is 394 g/mol. The summed E-state index contributed by atoms with van der Waals surface area (Å²) in [5.74, 6) is 8.22. The van der Waals surface area contributed by atoms with Crippen molar-refractivity contribution in [2.45, 2.75) is 71.6 Å². The Morgan fingerprint density at radius 1 is 1.12 bits per heavy atom. The van der Waals surface area contributed by atoms with Gasteiger partial charge >= 0.3 is 0 Å². The van der Waals surface area contributed by atoms with Crippen molar-refractivity contribution in [2.24, 2.45) is 22.7 Å². The molecule has 166 valence electrons. The van der Waals surface area contributed by atoms with Crippen LogP contribution >= 0.6 is 0 Å². The number of allylic oxidation sites excluding steroid dienone is 4. The van der Waals surface area contributed by atoms with Crippen LogP contribution in [0, 0.1) is 34.5 Å². The Morgan fingerprint density at radius 3 is 2.56 bits per heavy atom. The van der Waals surface area contributed by atoms with Crippen LogP contribution in [0.3, 0.4) is 0 Å². The Balaban J connectivity index is 1.72. The van der Waals surface area contributed by atoms with Gasteiger partial charge in [-0.25, -0.2) is 0 Å². The Bertz CT molecular complexity index is 1110. The Labute approximate surface area is 191 Å². The quantitative estimate of drug-likeness (QED) is 0.482. The van der Waals surface area contributed by atoms with Gasteiger partial charge < -0.3 is 5.73 Å². The summed E-state index contributed by atoms with van der Waals surface area (Å²) >= 11 is 0. The molecule has 0 unspecified atom stereocenters. The maximum Gasteiger partial charge on any atom is 0.156 e. The second kappa shape index (κ2) is 7.48. The van der Waals surface area contributed by atoms with Gasteiger partial charge in [0.1, 0.15) is 5.78 Å². The lowest BCUT2D eigenvalue weighted by molar-refractivity contribution is -0.130. The van der Waals surface area contributed by atoms with Crippen LogP contribution in [-0.4, -0.2) is 11.6 Å². The third-order valence-corrected chi connectivity index (χ3v) is 9.21. The molecule has 3 heteroatoms. The van der Waals surface area contributed by atoms with E-state index in [4.69, 9.17) is 5.73 Å². The van der Waals surface area contributed by atoms with E-state index in [0.717, 1.165) is 44.2 Å². The van der Waals surface area contributed by atoms with Crippen molar-refractivity contribution < 1.29 is 9.59 Å². The third-order valence-electron chi connectivity index (χ3n) is 9.21. The van der Waals surface area contributed by atoms with E-state index in [1.165, 1.54) is 16.7 Å². The number of rotatable bonds is 2. The van der Waals surface area contributed by atoms with Crippen LogP contribution in [0.4, 0.5) is 5.69 Å². The second-order valence-electron chi connectivity index (χ2n) is 10.5. The van der Waals surface area contributed by atoms with Crippen LogP contribution < -0.4 is 5.73 Å². The van der Waals surface area contributed by atoms with E-state index in [9.17, 15) is 9.59 Å². The monoisotopic (exact) mass is 427 g/mol. The molecule has 2 saturated carbocycles. The fourth-order valence-corrected chi connectivity index (χ4v) is 7.80. The molecule has 4 aliphatic rings. The molecule has 32 heavy (non-hydrogen) atoms. The molecule has 0 aliphatic heterocycles. The van der Waals surface area contributed by atoms with Crippen LogP contribution in [-0.2, 0) is 9.59 Å². The van der Waals surface area contributed by atoms with E-state index in [-0.39, 0.29) is 22.9 Å². The molecule has 0 heterocycles. The van der Waals surface area contributed by atoms with Crippen molar-refractivity contribution in [3.8, 4) is 11.8 Å². The minimum absolute atomic E-state index is 0.158. The average Bonchev–Trinajstić information content (AvgIpc) is 3.07. The van der Waals surface area contributed by atoms with Crippen molar-refractivity contribution >= 4 is 17.3 Å². The van der Waals surface area contributed by atoms with Crippen molar-refractivity contribution in [3.63, 3.8) is 0 Å². The van der Waals surface area contributed by atoms with E-state index in [1.807, 2.05) is 25.1 Å². The van der Waals surface area contributed by atoms with Gasteiger partial charge in [0.15, 0.2) is 5.78 Å². The fraction of sp³-hybridized carbons (Fsp3) is 0.517. The summed E-state index contributed by atoms with van der Waals surface area (Å²) in [6.07, 6.45) is 8.26. The lowest BCUT2D eigenvalue weighted by atomic mass is 9.48. The molecule has 5 atom stereocenters. The standard InChI is InChI=1S/C29H33NO2/c1-4-14-29(18(2)31)15-13-26-24-11-7-20-16-22(32)10-12-23(20)27(24)25(17-28(26,29)3)19-5-8-21(30)9-6-19/h5-6,8-9,16,24-26H,7,10-13,15,17,30H2,1-3H3/t24-,25+,26-,28-,29+/m0/s1. The molecule has 0 saturated heterocycles. The highest BCUT2D eigenvalue weighted by atomic mass is 16.1. The predicted molar refractivity (Wildman–Crippen MR) is 128 cm³/mol. The number of hydrogen-bond donors (Lipinski definition) is 1. The van der Waals surface area contributed by atoms with Crippen molar-refractivity contribution in [1.82, 2.24) is 0 Å². The Kier molecular flexibility index (Phi) is 4.97. The van der Waals surface area contributed by atoms with Crippen molar-refractivity contribution in [1.29, 1.82) is 0 Å². The molecule has 0 radical (unpaired) electrons. The zero-order valence-electron chi connectivity index (χ0n) is 19.5. The second-order valence-corrected chi connectivity index (χ2v) is 10.5. The molecule has 0 bridgehead atoms. The maximum atomic E-state index is 13.2. The minimum Gasteiger partial charge on any atom is -0.399 e. The molecule has 1 aromatic carbocycles. The number of anilines is 1. The first-order valence-corrected chi connectivity index (χ1v) is 12.1. The van der Waals surface area contributed by atoms with Crippen LogP contribution in [0.25, 0.3) is 0 Å². The van der Waals surface area contributed by atoms with Crippen LogP contribution in [0.5, 0.6) is 0 Å². The highest BCUT2D eigenvalue weighted by Gasteiger charge is 2.64. The molecule has 5 rings (SSSR count). The summed E-state index contributed by atoms with van der Waals surface area (Å²) in [6.45, 7) is 5.96. The van der Waals surface area contributed by atoms with Gasteiger partial charge in [-0.2, -0.15) is 0 Å². The first-order valence-electron chi connectivity index (χ1n) is 12.1. The van der Waals surface area contributed by atoms with Gasteiger partial charge in [-0.1, -0.05) is 30.6 Å². The lowest BCUT2D eigenvalue weighted by Crippen LogP contribution is -2.50. The van der Waals surface area contributed by atoms with Gasteiger partial charge in [0, 0.05) is 18.0 Å². The number of nitrogens with two attached hydrogens (primary N) is 1. The van der Waals surface area contributed by atoms with Crippen LogP contribution in [0.2, 0.25) is 0 Å². The molecule has 2 fully saturated rings.